The van der Waals surface area contributed by atoms with E-state index in [1.54, 1.807) is 12.3 Å². The zero-order valence-corrected chi connectivity index (χ0v) is 16.6. The van der Waals surface area contributed by atoms with Crippen LogP contribution in [-0.4, -0.2) is 70.2 Å². The minimum absolute atomic E-state index is 0.00223. The largest absolute Gasteiger partial charge is 0.437 e. The van der Waals surface area contributed by atoms with Crippen LogP contribution in [0.4, 0.5) is 15.0 Å². The zero-order chi connectivity index (χ0) is 20.2. The van der Waals surface area contributed by atoms with Gasteiger partial charge < -0.3 is 9.64 Å². The molecule has 0 bridgehead atoms. The normalized spacial score (nSPS) is 23.1. The number of rotatable bonds is 3. The number of hydrogen-bond acceptors (Lipinski definition) is 6. The van der Waals surface area contributed by atoms with Crippen LogP contribution in [0.1, 0.15) is 17.0 Å². The molecule has 152 valence electrons. The van der Waals surface area contributed by atoms with Crippen molar-refractivity contribution in [3.05, 3.63) is 53.2 Å². The Morgan fingerprint density at radius 3 is 2.83 bits per heavy atom. The van der Waals surface area contributed by atoms with E-state index >= 15 is 0 Å². The molecule has 29 heavy (non-hydrogen) atoms. The van der Waals surface area contributed by atoms with Gasteiger partial charge in [-0.25, -0.2) is 19.2 Å². The van der Waals surface area contributed by atoms with E-state index in [4.69, 9.17) is 4.74 Å². The van der Waals surface area contributed by atoms with Gasteiger partial charge in [0, 0.05) is 32.4 Å². The van der Waals surface area contributed by atoms with Crippen LogP contribution in [-0.2, 0) is 11.3 Å². The van der Waals surface area contributed by atoms with E-state index in [0.29, 0.717) is 26.2 Å². The lowest BCUT2D eigenvalue weighted by Gasteiger charge is -2.51. The maximum atomic E-state index is 13.8. The number of aromatic nitrogens is 2. The summed E-state index contributed by atoms with van der Waals surface area (Å²) < 4.78 is 19.6. The first-order valence-corrected chi connectivity index (χ1v) is 9.94. The fourth-order valence-electron chi connectivity index (χ4n) is 4.77. The molecule has 3 fully saturated rings. The van der Waals surface area contributed by atoms with Crippen molar-refractivity contribution in [3.63, 3.8) is 0 Å². The molecule has 8 heteroatoms. The van der Waals surface area contributed by atoms with Crippen molar-refractivity contribution < 1.29 is 13.9 Å². The summed E-state index contributed by atoms with van der Waals surface area (Å²) in [5.74, 6) is 1.38. The molecule has 0 N–H and O–H groups in total. The highest BCUT2D eigenvalue weighted by atomic mass is 19.1. The van der Waals surface area contributed by atoms with Gasteiger partial charge in [-0.2, -0.15) is 0 Å². The molecule has 3 saturated heterocycles. The highest BCUT2D eigenvalue weighted by Gasteiger charge is 2.62. The summed E-state index contributed by atoms with van der Waals surface area (Å²) >= 11 is 0. The summed E-state index contributed by atoms with van der Waals surface area (Å²) in [6, 6.07) is 7.03. The summed E-state index contributed by atoms with van der Waals surface area (Å²) in [5, 5.41) is 0. The Balaban J connectivity index is 1.31. The van der Waals surface area contributed by atoms with Gasteiger partial charge in [-0.1, -0.05) is 6.07 Å². The highest BCUT2D eigenvalue weighted by molar-refractivity contribution is 5.73. The third kappa shape index (κ3) is 3.21. The number of hydrogen-bond donors (Lipinski definition) is 0. The molecule has 4 heterocycles. The van der Waals surface area contributed by atoms with Gasteiger partial charge in [0.1, 0.15) is 17.5 Å². The monoisotopic (exact) mass is 397 g/mol. The van der Waals surface area contributed by atoms with E-state index < -0.39 is 5.60 Å². The lowest BCUT2D eigenvalue weighted by Crippen LogP contribution is -2.71. The fraction of sp³-hybridized carbons (Fsp3) is 0.476. The highest BCUT2D eigenvalue weighted by Crippen LogP contribution is 2.41. The Kier molecular flexibility index (Phi) is 4.20. The van der Waals surface area contributed by atoms with Crippen molar-refractivity contribution in [1.82, 2.24) is 19.8 Å². The zero-order valence-electron chi connectivity index (χ0n) is 16.6. The minimum Gasteiger partial charge on any atom is -0.437 e. The Bertz CT molecular complexity index is 942. The maximum absolute atomic E-state index is 13.8. The minimum atomic E-state index is -0.507. The summed E-state index contributed by atoms with van der Waals surface area (Å²) in [7, 11) is 0. The van der Waals surface area contributed by atoms with Crippen molar-refractivity contribution in [3.8, 4) is 0 Å². The smallest absolute Gasteiger partial charge is 0.411 e. The van der Waals surface area contributed by atoms with Crippen LogP contribution >= 0.6 is 0 Å². The second-order valence-corrected chi connectivity index (χ2v) is 8.33. The average Bonchev–Trinajstić information content (AvgIpc) is 2.92. The number of piperazine rings is 1. The summed E-state index contributed by atoms with van der Waals surface area (Å²) in [4.78, 5) is 27.4. The number of carbonyl (C=O) groups is 1. The van der Waals surface area contributed by atoms with Crippen LogP contribution in [0, 0.1) is 19.7 Å². The van der Waals surface area contributed by atoms with Crippen LogP contribution < -0.4 is 4.90 Å². The van der Waals surface area contributed by atoms with E-state index in [0.717, 1.165) is 35.9 Å². The molecule has 5 rings (SSSR count). The van der Waals surface area contributed by atoms with Crippen LogP contribution in [0.25, 0.3) is 0 Å². The topological polar surface area (TPSA) is 61.8 Å². The van der Waals surface area contributed by atoms with Crippen LogP contribution in [0.2, 0.25) is 0 Å². The molecule has 1 spiro atoms. The van der Waals surface area contributed by atoms with E-state index in [-0.39, 0.29) is 18.0 Å². The first-order valence-electron chi connectivity index (χ1n) is 9.94. The number of nitrogens with zero attached hydrogens (tertiary/aromatic N) is 5. The van der Waals surface area contributed by atoms with Gasteiger partial charge in [0.05, 0.1) is 19.1 Å². The summed E-state index contributed by atoms with van der Waals surface area (Å²) in [6.07, 6.45) is 1.52. The van der Waals surface area contributed by atoms with E-state index in [9.17, 15) is 9.18 Å². The molecule has 7 nitrogen and oxygen atoms in total. The predicted molar refractivity (Wildman–Crippen MR) is 105 cm³/mol. The first-order chi connectivity index (χ1) is 13.9. The van der Waals surface area contributed by atoms with E-state index in [2.05, 4.69) is 19.8 Å². The Morgan fingerprint density at radius 2 is 2.07 bits per heavy atom. The molecule has 3 aliphatic rings. The van der Waals surface area contributed by atoms with Gasteiger partial charge in [-0.15, -0.1) is 0 Å². The molecule has 1 aromatic heterocycles. The van der Waals surface area contributed by atoms with E-state index in [1.807, 2.05) is 30.9 Å². The number of aryl methyl sites for hydroxylation is 2. The summed E-state index contributed by atoms with van der Waals surface area (Å²) in [6.45, 7) is 7.80. The van der Waals surface area contributed by atoms with Gasteiger partial charge in [0.15, 0.2) is 5.60 Å². The lowest BCUT2D eigenvalue weighted by atomic mass is 9.84. The number of fused-ring (bicyclic) bond motifs is 2. The van der Waals surface area contributed by atoms with Gasteiger partial charge in [0.25, 0.3) is 0 Å². The molecule has 1 unspecified atom stereocenters. The molecule has 0 radical (unpaired) electrons. The van der Waals surface area contributed by atoms with Gasteiger partial charge in [0.2, 0.25) is 0 Å². The number of halogens is 1. The molecular formula is C21H24FN5O2. The second-order valence-electron chi connectivity index (χ2n) is 8.33. The lowest BCUT2D eigenvalue weighted by molar-refractivity contribution is -0.00998. The number of ether oxygens (including phenoxy) is 1. The molecule has 1 atom stereocenters. The van der Waals surface area contributed by atoms with Crippen molar-refractivity contribution in [2.75, 3.05) is 37.6 Å². The molecule has 1 aromatic carbocycles. The first kappa shape index (κ1) is 18.3. The summed E-state index contributed by atoms with van der Waals surface area (Å²) in [5.41, 5.74) is 1.37. The Hall–Kier alpha value is -2.74. The Morgan fingerprint density at radius 1 is 1.24 bits per heavy atom. The number of carbonyl (C=O) groups excluding carboxylic acids is 1. The molecule has 0 saturated carbocycles. The maximum Gasteiger partial charge on any atom is 0.411 e. The second kappa shape index (κ2) is 6.66. The quantitative estimate of drug-likeness (QED) is 0.791. The standard InChI is InChI=1S/C21H24FN5O2/c1-14-7-16(9-17(22)8-14)10-25-5-6-27-18(11-25)21(29-20(27)28)12-26(13-21)19-3-4-23-15(2)24-19/h3-4,7-9,18H,5-6,10-13H2,1-2H3. The van der Waals surface area contributed by atoms with Crippen molar-refractivity contribution in [1.29, 1.82) is 0 Å². The van der Waals surface area contributed by atoms with Crippen molar-refractivity contribution >= 4 is 11.9 Å². The molecule has 1 amide bonds. The van der Waals surface area contributed by atoms with Crippen LogP contribution in [0.3, 0.4) is 0 Å². The molecule has 0 aliphatic carbocycles. The SMILES string of the molecule is Cc1cc(F)cc(CN2CCN3C(=O)OC4(CN(c5ccnc(C)n5)C4)C3C2)c1. The molecule has 2 aromatic rings. The van der Waals surface area contributed by atoms with Gasteiger partial charge >= 0.3 is 6.09 Å². The number of anilines is 1. The average molecular weight is 397 g/mol. The molecule has 3 aliphatic heterocycles. The third-order valence-electron chi connectivity index (χ3n) is 6.11. The van der Waals surface area contributed by atoms with E-state index in [1.165, 1.54) is 6.07 Å². The van der Waals surface area contributed by atoms with Gasteiger partial charge in [-0.3, -0.25) is 9.80 Å². The third-order valence-corrected chi connectivity index (χ3v) is 6.11. The fourth-order valence-corrected chi connectivity index (χ4v) is 4.77. The number of benzene rings is 1. The Labute approximate surface area is 169 Å². The predicted octanol–water partition coefficient (Wildman–Crippen LogP) is 2.13. The van der Waals surface area contributed by atoms with Crippen LogP contribution in [0.15, 0.2) is 30.5 Å². The van der Waals surface area contributed by atoms with Gasteiger partial charge in [-0.05, 0) is 43.2 Å². The van der Waals surface area contributed by atoms with Crippen LogP contribution in [0.5, 0.6) is 0 Å². The molecular weight excluding hydrogens is 373 g/mol. The van der Waals surface area contributed by atoms with Crippen molar-refractivity contribution in [2.45, 2.75) is 32.0 Å². The van der Waals surface area contributed by atoms with Crippen molar-refractivity contribution in [2.24, 2.45) is 0 Å². The number of amides is 1.